The Morgan fingerprint density at radius 2 is 1.91 bits per heavy atom. The van der Waals surface area contributed by atoms with E-state index in [1.165, 1.54) is 14.0 Å². The number of ketones is 1. The molecule has 0 aromatic heterocycles. The molecule has 1 heterocycles. The van der Waals surface area contributed by atoms with Crippen LogP contribution in [0.5, 0.6) is 5.75 Å². The minimum atomic E-state index is -3.02. The minimum Gasteiger partial charge on any atom is -0.497 e. The minimum absolute atomic E-state index is 0.0168. The Labute approximate surface area is 135 Å². The average molecular weight is 340 g/mol. The molecule has 7 heteroatoms. The summed E-state index contributed by atoms with van der Waals surface area (Å²) in [5.41, 5.74) is 0.426. The van der Waals surface area contributed by atoms with Crippen molar-refractivity contribution in [3.05, 3.63) is 29.8 Å². The summed E-state index contributed by atoms with van der Waals surface area (Å²) in [5.74, 6) is -0.292. The lowest BCUT2D eigenvalue weighted by atomic mass is 10.1. The van der Waals surface area contributed by atoms with E-state index < -0.39 is 21.9 Å². The fraction of sp³-hybridized carbons (Fsp3) is 0.500. The zero-order valence-corrected chi connectivity index (χ0v) is 14.0. The maximum Gasteiger partial charge on any atom is 0.306 e. The number of carbonyl (C=O) groups excluding carboxylic acids is 2. The van der Waals surface area contributed by atoms with Crippen LogP contribution in [0.4, 0.5) is 0 Å². The number of methoxy groups -OCH3 is 1. The van der Waals surface area contributed by atoms with E-state index in [0.717, 1.165) is 0 Å². The summed E-state index contributed by atoms with van der Waals surface area (Å²) in [5, 5.41) is 0. The van der Waals surface area contributed by atoms with Crippen molar-refractivity contribution in [2.24, 2.45) is 5.92 Å². The van der Waals surface area contributed by atoms with Gasteiger partial charge < -0.3 is 9.47 Å². The second-order valence-corrected chi connectivity index (χ2v) is 7.93. The molecule has 0 radical (unpaired) electrons. The molecule has 1 aromatic rings. The summed E-state index contributed by atoms with van der Waals surface area (Å²) in [6.45, 7) is 1.51. The van der Waals surface area contributed by atoms with Gasteiger partial charge in [0, 0.05) is 12.0 Å². The zero-order chi connectivity index (χ0) is 17.0. The van der Waals surface area contributed by atoms with Gasteiger partial charge >= 0.3 is 5.97 Å². The second kappa shape index (κ2) is 7.12. The number of rotatable bonds is 6. The molecule has 0 saturated carbocycles. The summed E-state index contributed by atoms with van der Waals surface area (Å²) in [4.78, 5) is 24.1. The first-order valence-electron chi connectivity index (χ1n) is 7.39. The van der Waals surface area contributed by atoms with Gasteiger partial charge in [-0.15, -0.1) is 0 Å². The van der Waals surface area contributed by atoms with E-state index in [9.17, 15) is 18.0 Å². The van der Waals surface area contributed by atoms with Gasteiger partial charge in [-0.1, -0.05) is 0 Å². The SMILES string of the molecule is COc1ccc(C(=O)[C@H](C)OC(=O)C[C@H]2CCS(=O)(=O)C2)cc1. The number of Topliss-reactive ketones (excluding diaryl/α,β-unsaturated/α-hetero) is 1. The smallest absolute Gasteiger partial charge is 0.306 e. The van der Waals surface area contributed by atoms with Crippen LogP contribution < -0.4 is 4.74 Å². The zero-order valence-electron chi connectivity index (χ0n) is 13.2. The van der Waals surface area contributed by atoms with Crippen LogP contribution in [-0.2, 0) is 19.4 Å². The van der Waals surface area contributed by atoms with Crippen molar-refractivity contribution in [2.45, 2.75) is 25.9 Å². The third kappa shape index (κ3) is 4.79. The first-order valence-corrected chi connectivity index (χ1v) is 9.21. The first-order chi connectivity index (χ1) is 10.8. The molecule has 0 aliphatic carbocycles. The molecule has 1 aliphatic heterocycles. The molecule has 2 rings (SSSR count). The van der Waals surface area contributed by atoms with E-state index in [0.29, 0.717) is 17.7 Å². The van der Waals surface area contributed by atoms with E-state index in [1.807, 2.05) is 0 Å². The molecule has 1 saturated heterocycles. The van der Waals surface area contributed by atoms with E-state index in [-0.39, 0.29) is 29.6 Å². The highest BCUT2D eigenvalue weighted by molar-refractivity contribution is 7.91. The average Bonchev–Trinajstić information content (AvgIpc) is 2.85. The molecule has 0 N–H and O–H groups in total. The van der Waals surface area contributed by atoms with Crippen molar-refractivity contribution >= 4 is 21.6 Å². The maximum atomic E-state index is 12.2. The Morgan fingerprint density at radius 1 is 1.26 bits per heavy atom. The number of carbonyl (C=O) groups is 2. The van der Waals surface area contributed by atoms with Crippen molar-refractivity contribution in [3.63, 3.8) is 0 Å². The van der Waals surface area contributed by atoms with Gasteiger partial charge in [-0.05, 0) is 43.5 Å². The first kappa shape index (κ1) is 17.5. The lowest BCUT2D eigenvalue weighted by Crippen LogP contribution is -2.25. The van der Waals surface area contributed by atoms with Crippen LogP contribution in [0.15, 0.2) is 24.3 Å². The topological polar surface area (TPSA) is 86.7 Å². The van der Waals surface area contributed by atoms with Gasteiger partial charge in [0.2, 0.25) is 5.78 Å². The molecule has 0 amide bonds. The lowest BCUT2D eigenvalue weighted by Gasteiger charge is -2.14. The molecule has 6 nitrogen and oxygen atoms in total. The molecular formula is C16H20O6S. The molecule has 0 unspecified atom stereocenters. The standard InChI is InChI=1S/C16H20O6S/c1-11(16(18)13-3-5-14(21-2)6-4-13)22-15(17)9-12-7-8-23(19,20)10-12/h3-6,11-12H,7-10H2,1-2H3/t11-,12+/m0/s1. The molecular weight excluding hydrogens is 320 g/mol. The fourth-order valence-corrected chi connectivity index (χ4v) is 4.42. The quantitative estimate of drug-likeness (QED) is 0.578. The highest BCUT2D eigenvalue weighted by Crippen LogP contribution is 2.22. The van der Waals surface area contributed by atoms with Crippen LogP contribution >= 0.6 is 0 Å². The Morgan fingerprint density at radius 3 is 2.43 bits per heavy atom. The van der Waals surface area contributed by atoms with Crippen molar-refractivity contribution in [3.8, 4) is 5.75 Å². The predicted octanol–water partition coefficient (Wildman–Crippen LogP) is 1.63. The van der Waals surface area contributed by atoms with Crippen molar-refractivity contribution in [2.75, 3.05) is 18.6 Å². The summed E-state index contributed by atoms with van der Waals surface area (Å²) >= 11 is 0. The van der Waals surface area contributed by atoms with E-state index in [4.69, 9.17) is 9.47 Å². The van der Waals surface area contributed by atoms with Gasteiger partial charge in [-0.3, -0.25) is 9.59 Å². The molecule has 2 atom stereocenters. The number of sulfone groups is 1. The van der Waals surface area contributed by atoms with Crippen molar-refractivity contribution in [1.82, 2.24) is 0 Å². The van der Waals surface area contributed by atoms with Crippen LogP contribution in [0.2, 0.25) is 0 Å². The van der Waals surface area contributed by atoms with Crippen LogP contribution in [0.1, 0.15) is 30.1 Å². The number of esters is 1. The molecule has 1 aliphatic rings. The van der Waals surface area contributed by atoms with E-state index in [2.05, 4.69) is 0 Å². The summed E-state index contributed by atoms with van der Waals surface area (Å²) in [6.07, 6.45) is -0.411. The van der Waals surface area contributed by atoms with Gasteiger partial charge in [0.25, 0.3) is 0 Å². The second-order valence-electron chi connectivity index (χ2n) is 5.70. The van der Waals surface area contributed by atoms with Gasteiger partial charge in [-0.25, -0.2) is 8.42 Å². The Balaban J connectivity index is 1.88. The van der Waals surface area contributed by atoms with Crippen LogP contribution in [0.25, 0.3) is 0 Å². The normalized spacial score (nSPS) is 20.7. The van der Waals surface area contributed by atoms with Crippen LogP contribution in [0.3, 0.4) is 0 Å². The van der Waals surface area contributed by atoms with E-state index >= 15 is 0 Å². The number of ether oxygens (including phenoxy) is 2. The van der Waals surface area contributed by atoms with Gasteiger partial charge in [0.1, 0.15) is 5.75 Å². The van der Waals surface area contributed by atoms with Gasteiger partial charge in [0.05, 0.1) is 18.6 Å². The monoisotopic (exact) mass is 340 g/mol. The van der Waals surface area contributed by atoms with Crippen molar-refractivity contribution in [1.29, 1.82) is 0 Å². The summed E-state index contributed by atoms with van der Waals surface area (Å²) in [6, 6.07) is 6.53. The summed E-state index contributed by atoms with van der Waals surface area (Å²) in [7, 11) is -1.49. The lowest BCUT2D eigenvalue weighted by molar-refractivity contribution is -0.147. The largest absolute Gasteiger partial charge is 0.497 e. The molecule has 23 heavy (non-hydrogen) atoms. The van der Waals surface area contributed by atoms with Gasteiger partial charge in [0.15, 0.2) is 15.9 Å². The Kier molecular flexibility index (Phi) is 5.41. The molecule has 1 aromatic carbocycles. The third-order valence-corrected chi connectivity index (χ3v) is 5.67. The van der Waals surface area contributed by atoms with E-state index in [1.54, 1.807) is 24.3 Å². The number of hydrogen-bond acceptors (Lipinski definition) is 6. The number of hydrogen-bond donors (Lipinski definition) is 0. The Bertz CT molecular complexity index is 677. The fourth-order valence-electron chi connectivity index (χ4n) is 2.56. The predicted molar refractivity (Wildman–Crippen MR) is 84.3 cm³/mol. The Hall–Kier alpha value is -1.89. The van der Waals surface area contributed by atoms with Crippen LogP contribution in [0, 0.1) is 5.92 Å². The van der Waals surface area contributed by atoms with Gasteiger partial charge in [-0.2, -0.15) is 0 Å². The highest BCUT2D eigenvalue weighted by Gasteiger charge is 2.30. The molecule has 0 bridgehead atoms. The molecule has 126 valence electrons. The molecule has 1 fully saturated rings. The van der Waals surface area contributed by atoms with Crippen molar-refractivity contribution < 1.29 is 27.5 Å². The maximum absolute atomic E-state index is 12.2. The van der Waals surface area contributed by atoms with Crippen LogP contribution in [-0.4, -0.2) is 44.9 Å². The summed E-state index contributed by atoms with van der Waals surface area (Å²) < 4.78 is 32.9. The third-order valence-electron chi connectivity index (χ3n) is 3.83. The molecule has 0 spiro atoms. The highest BCUT2D eigenvalue weighted by atomic mass is 32.2. The number of benzene rings is 1.